The summed E-state index contributed by atoms with van der Waals surface area (Å²) in [5.74, 6) is 0. The van der Waals surface area contributed by atoms with Crippen LogP contribution >= 0.6 is 11.8 Å². The van der Waals surface area contributed by atoms with Gasteiger partial charge in [0.2, 0.25) is 0 Å². The second-order valence-electron chi connectivity index (χ2n) is 2.79. The zero-order valence-corrected chi connectivity index (χ0v) is 8.43. The van der Waals surface area contributed by atoms with Crippen molar-refractivity contribution in [2.75, 3.05) is 6.26 Å². The van der Waals surface area contributed by atoms with Crippen LogP contribution in [0.2, 0.25) is 0 Å². The Hall–Kier alpha value is -1.42. The minimum Gasteiger partial charge on any atom is -0.338 e. The highest BCUT2D eigenvalue weighted by atomic mass is 32.2. The molecule has 1 aromatic heterocycles. The van der Waals surface area contributed by atoms with Crippen molar-refractivity contribution in [3.05, 3.63) is 40.9 Å². The molecule has 4 heteroatoms. The Bertz CT molecular complexity index is 469. The van der Waals surface area contributed by atoms with Gasteiger partial charge in [0.05, 0.1) is 11.8 Å². The van der Waals surface area contributed by atoms with E-state index in [2.05, 4.69) is 9.68 Å². The number of aromatic nitrogens is 1. The first-order valence-corrected chi connectivity index (χ1v) is 5.35. The molecule has 0 unspecified atom stereocenters. The van der Waals surface area contributed by atoms with Gasteiger partial charge < -0.3 is 4.52 Å². The zero-order valence-electron chi connectivity index (χ0n) is 7.61. The Morgan fingerprint density at radius 2 is 2.00 bits per heavy atom. The quantitative estimate of drug-likeness (QED) is 0.769. The largest absolute Gasteiger partial charge is 0.364 e. The molecular formula is C10H9NO2S. The van der Waals surface area contributed by atoms with Crippen LogP contribution in [0.5, 0.6) is 0 Å². The Morgan fingerprint density at radius 1 is 1.29 bits per heavy atom. The molecule has 14 heavy (non-hydrogen) atoms. The number of hydrogen-bond acceptors (Lipinski definition) is 3. The molecular weight excluding hydrogens is 198 g/mol. The molecule has 0 saturated heterocycles. The van der Waals surface area contributed by atoms with Crippen LogP contribution in [0.4, 0.5) is 0 Å². The van der Waals surface area contributed by atoms with Crippen LogP contribution in [0.15, 0.2) is 44.7 Å². The van der Waals surface area contributed by atoms with E-state index in [1.165, 1.54) is 4.90 Å². The van der Waals surface area contributed by atoms with E-state index in [9.17, 15) is 4.79 Å². The number of rotatable bonds is 2. The molecule has 0 aliphatic heterocycles. The first-order valence-electron chi connectivity index (χ1n) is 4.12. The van der Waals surface area contributed by atoms with E-state index < -0.39 is 0 Å². The van der Waals surface area contributed by atoms with Gasteiger partial charge in [0.1, 0.15) is 0 Å². The predicted molar refractivity (Wildman–Crippen MR) is 56.5 cm³/mol. The van der Waals surface area contributed by atoms with Gasteiger partial charge in [-0.15, -0.1) is 11.8 Å². The van der Waals surface area contributed by atoms with E-state index in [0.29, 0.717) is 5.56 Å². The summed E-state index contributed by atoms with van der Waals surface area (Å²) in [4.78, 5) is 12.3. The average molecular weight is 207 g/mol. The molecule has 0 amide bonds. The fourth-order valence-corrected chi connectivity index (χ4v) is 1.64. The monoisotopic (exact) mass is 207 g/mol. The number of thioether (sulfide) groups is 1. The third-order valence-electron chi connectivity index (χ3n) is 1.98. The normalized spacial score (nSPS) is 10.4. The van der Waals surface area contributed by atoms with Crippen LogP contribution in [0.25, 0.3) is 11.1 Å². The molecule has 1 N–H and O–H groups in total. The molecule has 3 nitrogen and oxygen atoms in total. The molecule has 72 valence electrons. The molecule has 0 aliphatic carbocycles. The molecule has 0 fully saturated rings. The van der Waals surface area contributed by atoms with E-state index in [0.717, 1.165) is 5.56 Å². The smallest absolute Gasteiger partial charge is 0.338 e. The first-order chi connectivity index (χ1) is 6.81. The SMILES string of the molecule is CSc1ccc(-c2c[nH]oc2=O)cc1. The molecule has 1 heterocycles. The number of aromatic amines is 1. The van der Waals surface area contributed by atoms with Crippen LogP contribution in [0.1, 0.15) is 0 Å². The van der Waals surface area contributed by atoms with Gasteiger partial charge in [-0.2, -0.15) is 0 Å². The van der Waals surface area contributed by atoms with Gasteiger partial charge in [-0.05, 0) is 24.0 Å². The summed E-state index contributed by atoms with van der Waals surface area (Å²) in [6.45, 7) is 0. The Balaban J connectivity index is 2.44. The number of nitrogens with one attached hydrogen (secondary N) is 1. The Kier molecular flexibility index (Phi) is 2.45. The summed E-state index contributed by atoms with van der Waals surface area (Å²) in [6, 6.07) is 7.77. The van der Waals surface area contributed by atoms with Crippen LogP contribution in [-0.2, 0) is 0 Å². The van der Waals surface area contributed by atoms with Gasteiger partial charge in [0, 0.05) is 4.90 Å². The number of benzene rings is 1. The van der Waals surface area contributed by atoms with Gasteiger partial charge in [-0.3, -0.25) is 0 Å². The molecule has 2 aromatic rings. The third-order valence-corrected chi connectivity index (χ3v) is 2.72. The average Bonchev–Trinajstić information content (AvgIpc) is 2.65. The molecule has 0 radical (unpaired) electrons. The van der Waals surface area contributed by atoms with Crippen molar-refractivity contribution in [1.29, 1.82) is 0 Å². The topological polar surface area (TPSA) is 46.0 Å². The van der Waals surface area contributed by atoms with Crippen molar-refractivity contribution in [3.63, 3.8) is 0 Å². The summed E-state index contributed by atoms with van der Waals surface area (Å²) < 4.78 is 4.59. The van der Waals surface area contributed by atoms with Crippen molar-refractivity contribution in [3.8, 4) is 11.1 Å². The summed E-state index contributed by atoms with van der Waals surface area (Å²) >= 11 is 1.67. The minimum absolute atomic E-state index is 0.332. The highest BCUT2D eigenvalue weighted by Crippen LogP contribution is 2.20. The van der Waals surface area contributed by atoms with Crippen LogP contribution in [0.3, 0.4) is 0 Å². The fraction of sp³-hybridized carbons (Fsp3) is 0.100. The maximum Gasteiger partial charge on any atom is 0.364 e. The lowest BCUT2D eigenvalue weighted by Gasteiger charge is -1.97. The summed E-state index contributed by atoms with van der Waals surface area (Å²) in [5, 5.41) is 2.43. The number of hydrogen-bond donors (Lipinski definition) is 1. The maximum atomic E-state index is 11.2. The van der Waals surface area contributed by atoms with Crippen molar-refractivity contribution in [1.82, 2.24) is 5.16 Å². The summed E-state index contributed by atoms with van der Waals surface area (Å²) in [6.07, 6.45) is 3.58. The van der Waals surface area contributed by atoms with Crippen molar-refractivity contribution in [2.24, 2.45) is 0 Å². The van der Waals surface area contributed by atoms with Crippen molar-refractivity contribution in [2.45, 2.75) is 4.90 Å². The second-order valence-corrected chi connectivity index (χ2v) is 3.67. The van der Waals surface area contributed by atoms with Gasteiger partial charge in [0.15, 0.2) is 0 Å². The van der Waals surface area contributed by atoms with Gasteiger partial charge in [0.25, 0.3) is 0 Å². The van der Waals surface area contributed by atoms with E-state index in [1.54, 1.807) is 18.0 Å². The van der Waals surface area contributed by atoms with Crippen LogP contribution < -0.4 is 5.63 Å². The van der Waals surface area contributed by atoms with E-state index in [1.807, 2.05) is 30.5 Å². The third kappa shape index (κ3) is 1.61. The van der Waals surface area contributed by atoms with Gasteiger partial charge in [-0.25, -0.2) is 9.95 Å². The maximum absolute atomic E-state index is 11.2. The van der Waals surface area contributed by atoms with Crippen LogP contribution in [0, 0.1) is 0 Å². The molecule has 0 bridgehead atoms. The predicted octanol–water partition coefficient (Wildman–Crippen LogP) is 2.36. The Morgan fingerprint density at radius 3 is 2.50 bits per heavy atom. The van der Waals surface area contributed by atoms with Crippen LogP contribution in [-0.4, -0.2) is 11.4 Å². The summed E-state index contributed by atoms with van der Waals surface area (Å²) in [7, 11) is 0. The molecule has 0 saturated carbocycles. The molecule has 0 atom stereocenters. The van der Waals surface area contributed by atoms with E-state index in [-0.39, 0.29) is 5.63 Å². The lowest BCUT2D eigenvalue weighted by molar-refractivity contribution is 0.392. The van der Waals surface area contributed by atoms with Gasteiger partial charge in [-0.1, -0.05) is 12.1 Å². The zero-order chi connectivity index (χ0) is 9.97. The van der Waals surface area contributed by atoms with E-state index in [4.69, 9.17) is 0 Å². The minimum atomic E-state index is -0.332. The van der Waals surface area contributed by atoms with E-state index >= 15 is 0 Å². The molecule has 2 rings (SSSR count). The Labute approximate surface area is 85.1 Å². The lowest BCUT2D eigenvalue weighted by Crippen LogP contribution is -1.95. The first kappa shape index (κ1) is 9.15. The van der Waals surface area contributed by atoms with Gasteiger partial charge >= 0.3 is 5.63 Å². The molecule has 0 aliphatic rings. The summed E-state index contributed by atoms with van der Waals surface area (Å²) in [5.41, 5.74) is 1.11. The fourth-order valence-electron chi connectivity index (χ4n) is 1.23. The second kappa shape index (κ2) is 3.75. The van der Waals surface area contributed by atoms with Crippen molar-refractivity contribution >= 4 is 11.8 Å². The lowest BCUT2D eigenvalue weighted by atomic mass is 10.1. The van der Waals surface area contributed by atoms with Crippen molar-refractivity contribution < 1.29 is 4.52 Å². The molecule has 0 spiro atoms. The number of H-pyrrole nitrogens is 1. The highest BCUT2D eigenvalue weighted by molar-refractivity contribution is 7.98. The molecule has 1 aromatic carbocycles. The highest BCUT2D eigenvalue weighted by Gasteiger charge is 2.04. The standard InChI is InChI=1S/C10H9NO2S/c1-14-8-4-2-7(3-5-8)9-6-11-13-10(9)12/h2-6,11H,1H3.